The summed E-state index contributed by atoms with van der Waals surface area (Å²) in [6.07, 6.45) is 0. The molecule has 0 aromatic heterocycles. The van der Waals surface area contributed by atoms with Crippen LogP contribution in [0.5, 0.6) is 0 Å². The second-order valence-corrected chi connectivity index (χ2v) is 6.97. The Morgan fingerprint density at radius 2 is 1.15 bits per heavy atom. The lowest BCUT2D eigenvalue weighted by Crippen LogP contribution is -2.43. The first kappa shape index (κ1) is 16.6. The molecule has 3 aromatic rings. The lowest BCUT2D eigenvalue weighted by Gasteiger charge is -2.39. The summed E-state index contributed by atoms with van der Waals surface area (Å²) in [7, 11) is 0. The number of rotatable bonds is 5. The van der Waals surface area contributed by atoms with Crippen LogP contribution in [0.2, 0.25) is 0 Å². The average Bonchev–Trinajstić information content (AvgIpc) is 3.39. The van der Waals surface area contributed by atoms with Gasteiger partial charge in [0.2, 0.25) is 0 Å². The first-order chi connectivity index (χ1) is 12.6. The van der Waals surface area contributed by atoms with E-state index in [4.69, 9.17) is 0 Å². The molecule has 130 valence electrons. The van der Waals surface area contributed by atoms with Crippen molar-refractivity contribution in [3.63, 3.8) is 0 Å². The third-order valence-electron chi connectivity index (χ3n) is 5.40. The Morgan fingerprint density at radius 3 is 1.42 bits per heavy atom. The Labute approximate surface area is 153 Å². The molecule has 1 aliphatic heterocycles. The van der Waals surface area contributed by atoms with Gasteiger partial charge in [0.1, 0.15) is 5.54 Å². The summed E-state index contributed by atoms with van der Waals surface area (Å²) in [6.45, 7) is 2.31. The van der Waals surface area contributed by atoms with E-state index < -0.39 is 17.0 Å². The van der Waals surface area contributed by atoms with Crippen LogP contribution in [-0.2, 0) is 10.3 Å². The topological polar surface area (TPSA) is 40.3 Å². The minimum absolute atomic E-state index is 0.501. The minimum Gasteiger partial charge on any atom is -0.480 e. The molecule has 0 bridgehead atoms. The van der Waals surface area contributed by atoms with E-state index in [1.165, 1.54) is 0 Å². The van der Waals surface area contributed by atoms with Gasteiger partial charge in [-0.05, 0) is 23.6 Å². The molecule has 1 unspecified atom stereocenters. The van der Waals surface area contributed by atoms with Gasteiger partial charge in [0.05, 0.1) is 5.54 Å². The fraction of sp³-hybridized carbons (Fsp3) is 0.174. The molecule has 26 heavy (non-hydrogen) atoms. The average molecular weight is 343 g/mol. The Bertz CT molecular complexity index is 812. The normalized spacial score (nSPS) is 22.0. The monoisotopic (exact) mass is 343 g/mol. The number of carboxylic acid groups (broad SMARTS) is 1. The van der Waals surface area contributed by atoms with Crippen LogP contribution in [0, 0.1) is 0 Å². The lowest BCUT2D eigenvalue weighted by atomic mass is 9.76. The van der Waals surface area contributed by atoms with Crippen LogP contribution in [0.25, 0.3) is 0 Å². The molecule has 2 atom stereocenters. The molecule has 0 saturated carbocycles. The number of nitrogens with zero attached hydrogens (tertiary/aromatic N) is 1. The summed E-state index contributed by atoms with van der Waals surface area (Å²) >= 11 is 0. The van der Waals surface area contributed by atoms with Gasteiger partial charge in [0, 0.05) is 6.54 Å². The van der Waals surface area contributed by atoms with Gasteiger partial charge in [0.15, 0.2) is 0 Å². The molecule has 0 spiro atoms. The highest BCUT2D eigenvalue weighted by Gasteiger charge is 2.64. The molecule has 0 amide bonds. The SMILES string of the molecule is CC1(C(=O)O)C[N@@]1C(c1ccccc1)(c1ccccc1)c1ccccc1. The van der Waals surface area contributed by atoms with Crippen LogP contribution < -0.4 is 0 Å². The number of benzene rings is 3. The van der Waals surface area contributed by atoms with Gasteiger partial charge in [-0.25, -0.2) is 0 Å². The summed E-state index contributed by atoms with van der Waals surface area (Å²) in [6, 6.07) is 30.5. The second-order valence-electron chi connectivity index (χ2n) is 6.97. The van der Waals surface area contributed by atoms with Crippen molar-refractivity contribution in [1.29, 1.82) is 0 Å². The molecule has 1 N–H and O–H groups in total. The predicted octanol–water partition coefficient (Wildman–Crippen LogP) is 4.14. The third-order valence-corrected chi connectivity index (χ3v) is 5.40. The van der Waals surface area contributed by atoms with Gasteiger partial charge < -0.3 is 5.11 Å². The Morgan fingerprint density at radius 1 is 0.808 bits per heavy atom. The minimum atomic E-state index is -0.887. The summed E-state index contributed by atoms with van der Waals surface area (Å²) in [5, 5.41) is 9.85. The number of hydrogen-bond donors (Lipinski definition) is 1. The zero-order valence-corrected chi connectivity index (χ0v) is 14.7. The van der Waals surface area contributed by atoms with Gasteiger partial charge >= 0.3 is 5.97 Å². The van der Waals surface area contributed by atoms with Gasteiger partial charge in [-0.3, -0.25) is 9.69 Å². The van der Waals surface area contributed by atoms with Crippen molar-refractivity contribution in [3.8, 4) is 0 Å². The molecule has 0 aliphatic carbocycles. The van der Waals surface area contributed by atoms with Crippen LogP contribution >= 0.6 is 0 Å². The first-order valence-electron chi connectivity index (χ1n) is 8.78. The van der Waals surface area contributed by atoms with Gasteiger partial charge in [-0.1, -0.05) is 91.0 Å². The molecule has 3 aromatic carbocycles. The number of carboxylic acids is 1. The fourth-order valence-electron chi connectivity index (χ4n) is 3.95. The van der Waals surface area contributed by atoms with E-state index in [1.54, 1.807) is 6.92 Å². The van der Waals surface area contributed by atoms with E-state index in [0.717, 1.165) is 16.7 Å². The lowest BCUT2D eigenvalue weighted by molar-refractivity contribution is -0.141. The third kappa shape index (κ3) is 2.36. The van der Waals surface area contributed by atoms with Crippen LogP contribution in [0.3, 0.4) is 0 Å². The largest absolute Gasteiger partial charge is 0.480 e. The molecule has 4 rings (SSSR count). The van der Waals surface area contributed by atoms with Crippen molar-refractivity contribution in [3.05, 3.63) is 108 Å². The van der Waals surface area contributed by atoms with Crippen LogP contribution in [0.1, 0.15) is 23.6 Å². The van der Waals surface area contributed by atoms with Crippen LogP contribution in [-0.4, -0.2) is 28.1 Å². The van der Waals surface area contributed by atoms with E-state index in [-0.39, 0.29) is 0 Å². The van der Waals surface area contributed by atoms with Gasteiger partial charge in [0.25, 0.3) is 0 Å². The van der Waals surface area contributed by atoms with Crippen molar-refractivity contribution in [2.75, 3.05) is 6.54 Å². The second kappa shape index (κ2) is 6.11. The highest BCUT2D eigenvalue weighted by molar-refractivity contribution is 5.83. The summed E-state index contributed by atoms with van der Waals surface area (Å²) in [5.41, 5.74) is 1.69. The van der Waals surface area contributed by atoms with Crippen molar-refractivity contribution in [1.82, 2.24) is 4.90 Å². The smallest absolute Gasteiger partial charge is 0.325 e. The maximum Gasteiger partial charge on any atom is 0.325 e. The summed E-state index contributed by atoms with van der Waals surface area (Å²) in [5.74, 6) is -0.787. The zero-order chi connectivity index (χ0) is 18.2. The van der Waals surface area contributed by atoms with Crippen LogP contribution in [0.15, 0.2) is 91.0 Å². The molecule has 1 heterocycles. The van der Waals surface area contributed by atoms with Gasteiger partial charge in [-0.15, -0.1) is 0 Å². The zero-order valence-electron chi connectivity index (χ0n) is 14.7. The highest BCUT2D eigenvalue weighted by Crippen LogP contribution is 2.52. The summed E-state index contributed by atoms with van der Waals surface area (Å²) < 4.78 is 0. The molecule has 1 saturated heterocycles. The van der Waals surface area contributed by atoms with E-state index in [2.05, 4.69) is 41.3 Å². The molecular weight excluding hydrogens is 322 g/mol. The van der Waals surface area contributed by atoms with E-state index in [9.17, 15) is 9.90 Å². The first-order valence-corrected chi connectivity index (χ1v) is 8.78. The molecule has 3 heteroatoms. The number of hydrogen-bond acceptors (Lipinski definition) is 2. The van der Waals surface area contributed by atoms with Gasteiger partial charge in [-0.2, -0.15) is 0 Å². The number of aliphatic carboxylic acids is 1. The highest BCUT2D eigenvalue weighted by atomic mass is 16.4. The van der Waals surface area contributed by atoms with Crippen molar-refractivity contribution >= 4 is 5.97 Å². The van der Waals surface area contributed by atoms with E-state index >= 15 is 0 Å². The standard InChI is InChI=1S/C23H21NO2/c1-22(21(25)26)17-24(22)23(18-11-5-2-6-12-18,19-13-7-3-8-14-19)20-15-9-4-10-16-20/h2-16H,17H2,1H3,(H,25,26)/t22?,24-/m1/s1. The van der Waals surface area contributed by atoms with E-state index in [0.29, 0.717) is 6.54 Å². The molecule has 1 aliphatic rings. The summed E-state index contributed by atoms with van der Waals surface area (Å²) in [4.78, 5) is 14.1. The predicted molar refractivity (Wildman–Crippen MR) is 102 cm³/mol. The van der Waals surface area contributed by atoms with Crippen LogP contribution in [0.4, 0.5) is 0 Å². The molecule has 0 radical (unpaired) electrons. The maximum atomic E-state index is 12.0. The van der Waals surface area contributed by atoms with E-state index in [1.807, 2.05) is 54.6 Å². The van der Waals surface area contributed by atoms with Crippen molar-refractivity contribution < 1.29 is 9.90 Å². The number of carbonyl (C=O) groups is 1. The Kier molecular flexibility index (Phi) is 3.89. The molecule has 3 nitrogen and oxygen atoms in total. The van der Waals surface area contributed by atoms with Crippen molar-refractivity contribution in [2.24, 2.45) is 0 Å². The quantitative estimate of drug-likeness (QED) is 0.559. The Balaban J connectivity index is 2.04. The molecule has 1 fully saturated rings. The molecular formula is C23H21NO2. The fourth-order valence-corrected chi connectivity index (χ4v) is 3.95. The Hall–Kier alpha value is -2.91. The maximum absolute atomic E-state index is 12.0. The van der Waals surface area contributed by atoms with Crippen molar-refractivity contribution in [2.45, 2.75) is 18.0 Å².